The number of likely N-dealkylation sites (tertiary alicyclic amines) is 3. The standard InChI is InChI=1S/C33H36N6O4.C31H33ClF3N5O4.C30H33ClN8O3/c1-4-26(40)37-15-16-38(21(3)17-37)31-25-10-9-24(27-20(2)7-8-22-11-12-34-32(41)28(22)27)30-29(25)39(33(42)35-31)23(19-43-30)18-36-13-5-6-14-36;1-3-24(41)38-12-13-39(18(2)15-38)29-20-14-21(32)25(26-22(33)8-7-9-23(26)44-30(34)35)28-27(20)40(31(42)36-29)19(17-43-28)16-37-10-5-4-6-11-37;1-4-23(40)37-11-12-38(18(3)14-37)29-20-13-21(31)25(24-17(2)7-8-22-26(24)34-35-33-22)28-27(20)39(30(41)32-29)19(16-42-28)15-36-9-5-6-10-36/h4,7-12,21,23H,1,5-6,13-19H2,2-3H3,(H,34,41);3,7-9,14,18-19,30H,1,4-6,10-13,15-17H2,2H3;4,7-8,13,18-19H,1,5-6,9-12,14-16H2,2-3H3,(H,33,34,35)/t21-,23?;2*18-,19?/m000/s1. The molecule has 2 N–H and O–H groups in total. The summed E-state index contributed by atoms with van der Waals surface area (Å²) in [6, 6.07) is 19.8. The number of piperazine rings is 3. The summed E-state index contributed by atoms with van der Waals surface area (Å²) in [7, 11) is 0. The van der Waals surface area contributed by atoms with Crippen LogP contribution in [-0.4, -0.2) is 259 Å². The molecule has 129 heavy (non-hydrogen) atoms. The predicted molar refractivity (Wildman–Crippen MR) is 492 cm³/mol. The van der Waals surface area contributed by atoms with Crippen LogP contribution < -0.4 is 56.3 Å². The Kier molecular flexibility index (Phi) is 24.7. The Balaban J connectivity index is 0.000000130. The molecule has 3 unspecified atom stereocenters. The number of pyridine rings is 1. The second kappa shape index (κ2) is 36.4. The molecular weight excluding hydrogens is 1700 g/mol. The van der Waals surface area contributed by atoms with E-state index < -0.39 is 29.9 Å². The predicted octanol–water partition coefficient (Wildman–Crippen LogP) is 12.1. The number of anilines is 3. The van der Waals surface area contributed by atoms with E-state index >= 15 is 4.39 Å². The van der Waals surface area contributed by atoms with Crippen molar-refractivity contribution in [3.05, 3.63) is 186 Å². The van der Waals surface area contributed by atoms with Crippen molar-refractivity contribution in [2.24, 2.45) is 0 Å². The molecule has 0 radical (unpaired) electrons. The van der Waals surface area contributed by atoms with Crippen molar-refractivity contribution in [2.45, 2.75) is 122 Å². The lowest BCUT2D eigenvalue weighted by molar-refractivity contribution is -0.127. The van der Waals surface area contributed by atoms with Gasteiger partial charge in [-0.1, -0.05) is 73.6 Å². The number of amides is 3. The van der Waals surface area contributed by atoms with E-state index in [9.17, 15) is 42.3 Å². The van der Waals surface area contributed by atoms with Gasteiger partial charge in [-0.15, -0.1) is 0 Å². The second-order valence-electron chi connectivity index (χ2n) is 34.9. The minimum Gasteiger partial charge on any atom is -0.488 e. The number of nitrogens with zero attached hydrogens (tertiary/aromatic N) is 17. The summed E-state index contributed by atoms with van der Waals surface area (Å²) in [4.78, 5) is 127. The molecule has 674 valence electrons. The quantitative estimate of drug-likeness (QED) is 0.0800. The molecule has 6 saturated heterocycles. The summed E-state index contributed by atoms with van der Waals surface area (Å²) in [6.45, 7) is 30.4. The number of benzene rings is 6. The molecule has 6 aromatic carbocycles. The van der Waals surface area contributed by atoms with Crippen molar-refractivity contribution >= 4 is 113 Å². The number of H-pyrrole nitrogens is 2. The Hall–Kier alpha value is -12.2. The summed E-state index contributed by atoms with van der Waals surface area (Å²) >= 11 is 14.0. The number of hydrogen-bond acceptors (Lipinski definition) is 22. The average Bonchev–Trinajstić information content (AvgIpc) is 1.64. The fourth-order valence-corrected chi connectivity index (χ4v) is 21.2. The van der Waals surface area contributed by atoms with E-state index in [1.54, 1.807) is 31.5 Å². The van der Waals surface area contributed by atoms with Gasteiger partial charge in [-0.2, -0.15) is 39.1 Å². The number of aromatic amines is 2. The summed E-state index contributed by atoms with van der Waals surface area (Å²) in [5, 5.41) is 15.5. The first-order chi connectivity index (χ1) is 62.4. The van der Waals surface area contributed by atoms with Gasteiger partial charge in [0.05, 0.1) is 61.2 Å². The first-order valence-electron chi connectivity index (χ1n) is 44.3. The van der Waals surface area contributed by atoms with Crippen LogP contribution in [-0.2, 0) is 14.4 Å². The van der Waals surface area contributed by atoms with Gasteiger partial charge in [0, 0.05) is 141 Å². The molecule has 9 aliphatic rings. The van der Waals surface area contributed by atoms with E-state index in [0.717, 1.165) is 140 Å². The van der Waals surface area contributed by atoms with Crippen LogP contribution in [0.4, 0.5) is 30.6 Å². The minimum absolute atomic E-state index is 0.0177. The maximum absolute atomic E-state index is 15.4. The summed E-state index contributed by atoms with van der Waals surface area (Å²) in [5.41, 5.74) is 6.62. The molecule has 20 rings (SSSR count). The number of ether oxygens (including phenoxy) is 4. The van der Waals surface area contributed by atoms with Gasteiger partial charge < -0.3 is 68.0 Å². The van der Waals surface area contributed by atoms with Crippen LogP contribution >= 0.6 is 23.2 Å². The number of aryl methyl sites for hydroxylation is 2. The Morgan fingerprint density at radius 3 is 1.41 bits per heavy atom. The lowest BCUT2D eigenvalue weighted by Crippen LogP contribution is -2.54. The van der Waals surface area contributed by atoms with Crippen molar-refractivity contribution < 1.29 is 46.5 Å². The molecule has 0 aliphatic carbocycles. The summed E-state index contributed by atoms with van der Waals surface area (Å²) < 4.78 is 71.7. The van der Waals surface area contributed by atoms with E-state index in [-0.39, 0.29) is 93.4 Å². The fraction of sp³-hybridized carbons (Fsp3) is 0.426. The summed E-state index contributed by atoms with van der Waals surface area (Å²) in [6.07, 6.45) is 13.5. The largest absolute Gasteiger partial charge is 0.488 e. The molecular formula is C94H102Cl2F3N19O11. The third-order valence-electron chi connectivity index (χ3n) is 26.8. The maximum atomic E-state index is 15.4. The topological polar surface area (TPSA) is 296 Å². The van der Waals surface area contributed by atoms with Gasteiger partial charge in [-0.3, -0.25) is 32.9 Å². The number of hydrogen-bond donors (Lipinski definition) is 2. The number of aromatic nitrogens is 10. The minimum atomic E-state index is -3.21. The Labute approximate surface area is 750 Å². The van der Waals surface area contributed by atoms with Crippen LogP contribution in [0, 0.1) is 19.7 Å². The molecule has 6 atom stereocenters. The molecule has 0 bridgehead atoms. The van der Waals surface area contributed by atoms with Crippen LogP contribution in [0.5, 0.6) is 23.0 Å². The van der Waals surface area contributed by atoms with Crippen molar-refractivity contribution in [3.8, 4) is 56.4 Å². The molecule has 0 saturated carbocycles. The molecule has 3 amide bonds. The van der Waals surface area contributed by atoms with Crippen LogP contribution in [0.15, 0.2) is 136 Å². The lowest BCUT2D eigenvalue weighted by atomic mass is 9.92. The summed E-state index contributed by atoms with van der Waals surface area (Å²) in [5.74, 6) is 1.14. The third-order valence-corrected chi connectivity index (χ3v) is 27.4. The van der Waals surface area contributed by atoms with Crippen molar-refractivity contribution in [1.82, 2.24) is 78.4 Å². The van der Waals surface area contributed by atoms with Crippen molar-refractivity contribution in [3.63, 3.8) is 0 Å². The zero-order valence-corrected chi connectivity index (χ0v) is 74.2. The maximum Gasteiger partial charge on any atom is 0.387 e. The van der Waals surface area contributed by atoms with E-state index in [2.05, 4.69) is 79.3 Å². The van der Waals surface area contributed by atoms with Gasteiger partial charge in [0.2, 0.25) is 17.7 Å². The molecule has 0 spiro atoms. The van der Waals surface area contributed by atoms with Crippen LogP contribution in [0.2, 0.25) is 10.0 Å². The molecule has 5 aromatic heterocycles. The first-order valence-corrected chi connectivity index (χ1v) is 45.1. The SMILES string of the molecule is C=CC(=O)N1CCN(c2nc(=O)n3c4c(c(-c5c(C)ccc6cc[nH]c(=O)c56)ccc24)OCC3CN2CCCC2)[C@@H](C)C1.C=CC(=O)N1CCN(c2nc(=O)n3c4c(c(-c5c(C)ccc6n[nH]nc56)c(Cl)cc24)OCC3CN2CCCC2)[C@@H](C)C1.C=CC(=O)N1CCN(c2nc(=O)n3c4c(c(-c5c(F)cccc5OC(F)F)c(Cl)cc24)OCC3CN2CCCCC2)[C@@H](C)C1. The fourth-order valence-electron chi connectivity index (χ4n) is 20.6. The number of carbonyl (C=O) groups excluding carboxylic acids is 3. The van der Waals surface area contributed by atoms with E-state index in [0.29, 0.717) is 164 Å². The van der Waals surface area contributed by atoms with Crippen molar-refractivity contribution in [2.75, 3.05) is 152 Å². The Morgan fingerprint density at radius 1 is 0.512 bits per heavy atom. The number of carbonyl (C=O) groups is 3. The van der Waals surface area contributed by atoms with E-state index in [1.165, 1.54) is 30.4 Å². The van der Waals surface area contributed by atoms with E-state index in [1.807, 2.05) is 97.2 Å². The molecule has 6 fully saturated rings. The smallest absolute Gasteiger partial charge is 0.387 e. The van der Waals surface area contributed by atoms with Gasteiger partial charge in [0.1, 0.15) is 59.9 Å². The molecule has 30 nitrogen and oxygen atoms in total. The van der Waals surface area contributed by atoms with E-state index in [4.69, 9.17) is 42.4 Å². The molecule has 35 heteroatoms. The zero-order valence-electron chi connectivity index (χ0n) is 72.7. The van der Waals surface area contributed by atoms with Crippen LogP contribution in [0.25, 0.3) is 87.9 Å². The highest BCUT2D eigenvalue weighted by atomic mass is 35.5. The molecule has 14 heterocycles. The number of rotatable bonds is 17. The Morgan fingerprint density at radius 2 is 0.946 bits per heavy atom. The zero-order chi connectivity index (χ0) is 90.1. The highest BCUT2D eigenvalue weighted by molar-refractivity contribution is 6.36. The van der Waals surface area contributed by atoms with Gasteiger partial charge in [0.15, 0.2) is 17.2 Å². The van der Waals surface area contributed by atoms with Gasteiger partial charge in [0.25, 0.3) is 5.56 Å². The number of halogens is 5. The van der Waals surface area contributed by atoms with Crippen LogP contribution in [0.1, 0.15) is 95.0 Å². The number of piperidine rings is 1. The Bertz CT molecular complexity index is 6580. The highest BCUT2D eigenvalue weighted by Crippen LogP contribution is 2.53. The van der Waals surface area contributed by atoms with Crippen molar-refractivity contribution in [1.29, 1.82) is 0 Å². The number of fused-ring (bicyclic) bond motifs is 2. The van der Waals surface area contributed by atoms with Crippen LogP contribution in [0.3, 0.4) is 0 Å². The normalized spacial score (nSPS) is 20.6. The first kappa shape index (κ1) is 87.5. The molecule has 9 aliphatic heterocycles. The van der Waals surface area contributed by atoms with Gasteiger partial charge in [-0.05, 0) is 196 Å². The monoisotopic (exact) mass is 1800 g/mol. The lowest BCUT2D eigenvalue weighted by Gasteiger charge is -2.41. The third kappa shape index (κ3) is 16.4. The van der Waals surface area contributed by atoms with Gasteiger partial charge >= 0.3 is 23.7 Å². The van der Waals surface area contributed by atoms with Gasteiger partial charge in [-0.25, -0.2) is 18.8 Å². The highest BCUT2D eigenvalue weighted by Gasteiger charge is 2.41. The number of nitrogens with one attached hydrogen (secondary N) is 2. The second-order valence-corrected chi connectivity index (χ2v) is 35.7. The molecule has 11 aromatic rings. The number of alkyl halides is 2. The average molecular weight is 1800 g/mol.